The average molecular weight is 502 g/mol. The van der Waals surface area contributed by atoms with E-state index in [-0.39, 0.29) is 24.3 Å². The molecule has 1 aliphatic heterocycles. The van der Waals surface area contributed by atoms with E-state index >= 15 is 0 Å². The Morgan fingerprint density at radius 2 is 1.97 bits per heavy atom. The molecule has 5 fully saturated rings. The van der Waals surface area contributed by atoms with Crippen molar-refractivity contribution in [1.82, 2.24) is 9.88 Å². The number of carbonyl (C=O) groups excluding carboxylic acids is 1. The number of aliphatic hydroxyl groups is 1. The number of nitrogens with zero attached hydrogens (tertiary/aromatic N) is 3. The molecule has 35 heavy (non-hydrogen) atoms. The number of aliphatic carboxylic acids is 1. The van der Waals surface area contributed by atoms with E-state index in [9.17, 15) is 19.8 Å². The summed E-state index contributed by atoms with van der Waals surface area (Å²) < 4.78 is 0. The maximum absolute atomic E-state index is 13.8. The summed E-state index contributed by atoms with van der Waals surface area (Å²) in [5, 5.41) is 21.0. The van der Waals surface area contributed by atoms with E-state index < -0.39 is 11.6 Å². The summed E-state index contributed by atoms with van der Waals surface area (Å²) in [5.41, 5.74) is 0.163. The first-order chi connectivity index (χ1) is 16.8. The van der Waals surface area contributed by atoms with Crippen molar-refractivity contribution >= 4 is 29.5 Å². The second kappa shape index (κ2) is 9.92. The van der Waals surface area contributed by atoms with Gasteiger partial charge in [-0.15, -0.1) is 11.8 Å². The van der Waals surface area contributed by atoms with Crippen LogP contribution in [0.3, 0.4) is 0 Å². The molecule has 4 bridgehead atoms. The van der Waals surface area contributed by atoms with Crippen LogP contribution in [0.25, 0.3) is 0 Å². The number of carbonyl (C=O) groups is 2. The predicted molar refractivity (Wildman–Crippen MR) is 137 cm³/mol. The zero-order chi connectivity index (χ0) is 24.7. The number of pyridine rings is 1. The summed E-state index contributed by atoms with van der Waals surface area (Å²) in [5.74, 6) is 2.55. The normalized spacial score (nSPS) is 33.7. The highest BCUT2D eigenvalue weighted by molar-refractivity contribution is 7.99. The zero-order valence-corrected chi connectivity index (χ0v) is 21.8. The first kappa shape index (κ1) is 24.9. The molecule has 6 rings (SSSR count). The van der Waals surface area contributed by atoms with Gasteiger partial charge < -0.3 is 20.0 Å². The van der Waals surface area contributed by atoms with Crippen LogP contribution in [0.2, 0.25) is 0 Å². The molecule has 1 aromatic heterocycles. The second-order valence-corrected chi connectivity index (χ2v) is 12.6. The second-order valence-electron chi connectivity index (χ2n) is 11.5. The highest BCUT2D eigenvalue weighted by Gasteiger charge is 2.56. The summed E-state index contributed by atoms with van der Waals surface area (Å²) in [6, 6.07) is 4.07. The smallest absolute Gasteiger partial charge is 0.303 e. The van der Waals surface area contributed by atoms with Gasteiger partial charge in [0.2, 0.25) is 0 Å². The van der Waals surface area contributed by atoms with Crippen LogP contribution in [0.5, 0.6) is 0 Å². The quantitative estimate of drug-likeness (QED) is 0.513. The summed E-state index contributed by atoms with van der Waals surface area (Å²) in [7, 11) is 1.95. The van der Waals surface area contributed by atoms with Gasteiger partial charge in [0.1, 0.15) is 10.8 Å². The van der Waals surface area contributed by atoms with Crippen LogP contribution in [-0.2, 0) is 4.79 Å². The van der Waals surface area contributed by atoms with Crippen molar-refractivity contribution in [2.75, 3.05) is 30.8 Å². The Kier molecular flexibility index (Phi) is 7.05. The monoisotopic (exact) mass is 501 g/mol. The van der Waals surface area contributed by atoms with Gasteiger partial charge in [-0.3, -0.25) is 9.59 Å². The van der Waals surface area contributed by atoms with E-state index in [1.54, 1.807) is 11.8 Å². The summed E-state index contributed by atoms with van der Waals surface area (Å²) in [6.45, 7) is 3.69. The molecular formula is C27H39N3O4S. The minimum Gasteiger partial charge on any atom is -0.481 e. The maximum atomic E-state index is 13.8. The van der Waals surface area contributed by atoms with Crippen LogP contribution in [0, 0.1) is 23.7 Å². The lowest BCUT2D eigenvalue weighted by Gasteiger charge is -2.59. The lowest BCUT2D eigenvalue weighted by Crippen LogP contribution is -2.61. The fourth-order valence-electron chi connectivity index (χ4n) is 7.68. The third-order valence-electron chi connectivity index (χ3n) is 8.78. The van der Waals surface area contributed by atoms with E-state index in [1.807, 2.05) is 24.1 Å². The molecule has 1 saturated heterocycles. The minimum atomic E-state index is -0.745. The molecule has 192 valence electrons. The van der Waals surface area contributed by atoms with Crippen LogP contribution in [-0.4, -0.2) is 69.5 Å². The molecule has 3 atom stereocenters. The number of aromatic nitrogens is 1. The topological polar surface area (TPSA) is 94.0 Å². The van der Waals surface area contributed by atoms with Crippen molar-refractivity contribution in [3.63, 3.8) is 0 Å². The van der Waals surface area contributed by atoms with Crippen LogP contribution >= 0.6 is 11.8 Å². The number of rotatable bonds is 8. The largest absolute Gasteiger partial charge is 0.481 e. The number of anilines is 1. The average Bonchev–Trinajstić information content (AvgIpc) is 2.80. The van der Waals surface area contributed by atoms with Gasteiger partial charge in [0.25, 0.3) is 5.91 Å². The predicted octanol–water partition coefficient (Wildman–Crippen LogP) is 4.29. The Morgan fingerprint density at radius 1 is 1.23 bits per heavy atom. The van der Waals surface area contributed by atoms with Crippen molar-refractivity contribution in [3.8, 4) is 0 Å². The van der Waals surface area contributed by atoms with Crippen LogP contribution in [0.4, 0.5) is 5.82 Å². The van der Waals surface area contributed by atoms with Gasteiger partial charge in [0.05, 0.1) is 11.2 Å². The van der Waals surface area contributed by atoms with Gasteiger partial charge in [0.15, 0.2) is 0 Å². The molecule has 1 aromatic rings. The van der Waals surface area contributed by atoms with Gasteiger partial charge in [-0.2, -0.15) is 0 Å². The number of hydrogen-bond acceptors (Lipinski definition) is 6. The van der Waals surface area contributed by atoms with E-state index in [0.29, 0.717) is 29.9 Å². The minimum absolute atomic E-state index is 0.0366. The van der Waals surface area contributed by atoms with Gasteiger partial charge in [-0.25, -0.2) is 4.98 Å². The molecule has 2 heterocycles. The van der Waals surface area contributed by atoms with Crippen molar-refractivity contribution < 1.29 is 19.8 Å². The molecule has 4 saturated carbocycles. The number of hydrogen-bond donors (Lipinski definition) is 2. The Bertz CT molecular complexity index is 956. The first-order valence-electron chi connectivity index (χ1n) is 13.4. The number of carboxylic acids is 1. The Morgan fingerprint density at radius 3 is 2.63 bits per heavy atom. The highest BCUT2D eigenvalue weighted by atomic mass is 32.2. The molecule has 2 N–H and O–H groups in total. The van der Waals surface area contributed by atoms with Gasteiger partial charge in [0, 0.05) is 32.6 Å². The van der Waals surface area contributed by atoms with E-state index in [1.165, 1.54) is 0 Å². The molecule has 0 aromatic carbocycles. The van der Waals surface area contributed by atoms with E-state index in [4.69, 9.17) is 4.98 Å². The number of amides is 1. The number of thioether (sulfide) groups is 1. The van der Waals surface area contributed by atoms with Gasteiger partial charge in [-0.05, 0) is 92.9 Å². The van der Waals surface area contributed by atoms with E-state index in [2.05, 4.69) is 11.8 Å². The van der Waals surface area contributed by atoms with Crippen molar-refractivity contribution in [2.45, 2.75) is 81.4 Å². The molecule has 1 amide bonds. The fraction of sp³-hybridized carbons (Fsp3) is 0.741. The molecular weight excluding hydrogens is 462 g/mol. The third kappa shape index (κ3) is 5.06. The standard InChI is InChI=1S/C27H39N3O4S/c1-3-9-35-25-21(6-7-22(28-25)30-8-4-5-17(16-30)12-23(31)32)26(33)29(2)24-19-10-18-11-20(24)15-27(34,13-18)14-19/h6-7,17-20,24,34H,3-5,8-16H2,1-2H3,(H,31,32)/t17-,18?,19?,20?,24-,27+/m0/s1. The first-order valence-corrected chi connectivity index (χ1v) is 14.3. The summed E-state index contributed by atoms with van der Waals surface area (Å²) >= 11 is 1.64. The lowest BCUT2D eigenvalue weighted by atomic mass is 9.52. The maximum Gasteiger partial charge on any atom is 0.303 e. The fourth-order valence-corrected chi connectivity index (χ4v) is 8.54. The lowest BCUT2D eigenvalue weighted by molar-refractivity contribution is -0.152. The van der Waals surface area contributed by atoms with Gasteiger partial charge >= 0.3 is 5.97 Å². The number of carboxylic acid groups (broad SMARTS) is 1. The molecule has 0 radical (unpaired) electrons. The summed E-state index contributed by atoms with van der Waals surface area (Å²) in [6.07, 6.45) is 7.92. The summed E-state index contributed by atoms with van der Waals surface area (Å²) in [4.78, 5) is 34.1. The van der Waals surface area contributed by atoms with Gasteiger partial charge in [-0.1, -0.05) is 6.92 Å². The highest BCUT2D eigenvalue weighted by Crippen LogP contribution is 2.57. The van der Waals surface area contributed by atoms with E-state index in [0.717, 1.165) is 74.5 Å². The molecule has 0 spiro atoms. The molecule has 7 nitrogen and oxygen atoms in total. The van der Waals surface area contributed by atoms with Crippen LogP contribution in [0.15, 0.2) is 17.2 Å². The molecule has 8 heteroatoms. The molecule has 5 aliphatic rings. The Hall–Kier alpha value is -1.80. The molecule has 4 aliphatic carbocycles. The van der Waals surface area contributed by atoms with Crippen molar-refractivity contribution in [3.05, 3.63) is 17.7 Å². The Balaban J connectivity index is 1.36. The Labute approximate surface area is 212 Å². The molecule has 2 unspecified atom stereocenters. The van der Waals surface area contributed by atoms with Crippen molar-refractivity contribution in [1.29, 1.82) is 0 Å². The van der Waals surface area contributed by atoms with Crippen LogP contribution < -0.4 is 4.90 Å². The third-order valence-corrected chi connectivity index (χ3v) is 9.98. The van der Waals surface area contributed by atoms with Crippen LogP contribution in [0.1, 0.15) is 75.1 Å². The number of piperidine rings is 1. The zero-order valence-electron chi connectivity index (χ0n) is 21.0. The van der Waals surface area contributed by atoms with Crippen molar-refractivity contribution in [2.24, 2.45) is 23.7 Å². The SMILES string of the molecule is CCCSc1nc(N2CCC[C@@H](CC(=O)O)C2)ccc1C(=O)N(C)[C@H]1C2CC3CC1C[C@@](O)(C3)C2.